The fraction of sp³-hybridized carbons (Fsp3) is 0.167. The standard InChI is InChI=1S/C12H8N2O5/c15-7-3-6(9(17)11-10(7)19-11)14-12(18)5-1-2-13-4-8(5)16/h1-4,10-11,16H,(H,14,18). The highest BCUT2D eigenvalue weighted by molar-refractivity contribution is 6.17. The van der Waals surface area contributed by atoms with Gasteiger partial charge >= 0.3 is 0 Å². The number of carbonyl (C=O) groups excluding carboxylic acids is 3. The normalized spacial score (nSPS) is 24.5. The Morgan fingerprint density at radius 2 is 2.16 bits per heavy atom. The molecule has 0 radical (unpaired) electrons. The first kappa shape index (κ1) is 11.5. The lowest BCUT2D eigenvalue weighted by Gasteiger charge is -2.10. The fourth-order valence-corrected chi connectivity index (χ4v) is 1.84. The predicted octanol–water partition coefficient (Wildman–Crippen LogP) is -0.680. The number of epoxide rings is 1. The van der Waals surface area contributed by atoms with E-state index in [2.05, 4.69) is 10.3 Å². The molecule has 19 heavy (non-hydrogen) atoms. The quantitative estimate of drug-likeness (QED) is 0.682. The number of rotatable bonds is 2. The molecule has 0 spiro atoms. The van der Waals surface area contributed by atoms with Crippen LogP contribution >= 0.6 is 0 Å². The lowest BCUT2D eigenvalue weighted by atomic mass is 10.0. The summed E-state index contributed by atoms with van der Waals surface area (Å²) in [5, 5.41) is 11.8. The van der Waals surface area contributed by atoms with Crippen LogP contribution in [0.15, 0.2) is 30.2 Å². The topological polar surface area (TPSA) is 109 Å². The highest BCUT2D eigenvalue weighted by Gasteiger charge is 2.53. The molecule has 2 unspecified atom stereocenters. The first-order valence-electron chi connectivity index (χ1n) is 5.47. The lowest BCUT2D eigenvalue weighted by Crippen LogP contribution is -2.34. The summed E-state index contributed by atoms with van der Waals surface area (Å²) in [4.78, 5) is 38.6. The van der Waals surface area contributed by atoms with Crippen LogP contribution in [0.5, 0.6) is 5.75 Å². The van der Waals surface area contributed by atoms with Gasteiger partial charge in [0.15, 0.2) is 18.0 Å². The largest absolute Gasteiger partial charge is 0.505 e. The monoisotopic (exact) mass is 260 g/mol. The average Bonchev–Trinajstić information content (AvgIpc) is 3.17. The molecule has 0 aromatic carbocycles. The number of amides is 1. The summed E-state index contributed by atoms with van der Waals surface area (Å²) in [6.45, 7) is 0. The lowest BCUT2D eigenvalue weighted by molar-refractivity contribution is -0.119. The molecule has 2 aliphatic rings. The van der Waals surface area contributed by atoms with E-state index < -0.39 is 23.9 Å². The van der Waals surface area contributed by atoms with Crippen LogP contribution in [0, 0.1) is 0 Å². The van der Waals surface area contributed by atoms with Crippen LogP contribution in [0.2, 0.25) is 0 Å². The number of pyridine rings is 1. The molecule has 0 saturated carbocycles. The molecule has 1 aliphatic heterocycles. The molecule has 0 bridgehead atoms. The first-order valence-corrected chi connectivity index (χ1v) is 5.47. The highest BCUT2D eigenvalue weighted by atomic mass is 16.6. The van der Waals surface area contributed by atoms with Crippen molar-refractivity contribution in [3.63, 3.8) is 0 Å². The van der Waals surface area contributed by atoms with Crippen LogP contribution < -0.4 is 5.32 Å². The number of ether oxygens (including phenoxy) is 1. The minimum Gasteiger partial charge on any atom is -0.505 e. The maximum Gasteiger partial charge on any atom is 0.259 e. The van der Waals surface area contributed by atoms with E-state index in [0.29, 0.717) is 0 Å². The van der Waals surface area contributed by atoms with Crippen molar-refractivity contribution in [1.82, 2.24) is 10.3 Å². The summed E-state index contributed by atoms with van der Waals surface area (Å²) in [6.07, 6.45) is 2.02. The molecule has 1 fully saturated rings. The third-order valence-electron chi connectivity index (χ3n) is 2.88. The molecule has 1 aromatic rings. The van der Waals surface area contributed by atoms with E-state index in [0.717, 1.165) is 12.3 Å². The maximum absolute atomic E-state index is 11.9. The summed E-state index contributed by atoms with van der Waals surface area (Å²) in [6, 6.07) is 1.30. The summed E-state index contributed by atoms with van der Waals surface area (Å²) >= 11 is 0. The predicted molar refractivity (Wildman–Crippen MR) is 60.1 cm³/mol. The number of Topliss-reactive ketones (excluding diaryl/α,β-unsaturated/α-hetero) is 1. The van der Waals surface area contributed by atoms with Crippen LogP contribution in [0.25, 0.3) is 0 Å². The molecule has 3 rings (SSSR count). The van der Waals surface area contributed by atoms with Crippen molar-refractivity contribution < 1.29 is 24.2 Å². The maximum atomic E-state index is 11.9. The fourth-order valence-electron chi connectivity index (χ4n) is 1.84. The Balaban J connectivity index is 1.82. The first-order chi connectivity index (χ1) is 9.08. The van der Waals surface area contributed by atoms with Gasteiger partial charge in [-0.05, 0) is 6.07 Å². The average molecular weight is 260 g/mol. The van der Waals surface area contributed by atoms with Crippen molar-refractivity contribution >= 4 is 17.5 Å². The molecule has 1 aromatic heterocycles. The smallest absolute Gasteiger partial charge is 0.259 e. The van der Waals surface area contributed by atoms with Crippen molar-refractivity contribution in [3.8, 4) is 5.75 Å². The third-order valence-corrected chi connectivity index (χ3v) is 2.88. The Bertz CT molecular complexity index is 637. The van der Waals surface area contributed by atoms with Gasteiger partial charge in [-0.2, -0.15) is 0 Å². The van der Waals surface area contributed by atoms with Gasteiger partial charge in [-0.3, -0.25) is 19.4 Å². The highest BCUT2D eigenvalue weighted by Crippen LogP contribution is 2.30. The Hall–Kier alpha value is -2.54. The van der Waals surface area contributed by atoms with E-state index >= 15 is 0 Å². The molecule has 1 saturated heterocycles. The number of fused-ring (bicyclic) bond motifs is 1. The molecular weight excluding hydrogens is 252 g/mol. The Kier molecular flexibility index (Phi) is 2.42. The molecule has 2 N–H and O–H groups in total. The van der Waals surface area contributed by atoms with E-state index in [1.165, 1.54) is 12.3 Å². The second-order valence-electron chi connectivity index (χ2n) is 4.15. The molecule has 1 aliphatic carbocycles. The van der Waals surface area contributed by atoms with E-state index in [-0.39, 0.29) is 22.8 Å². The zero-order valence-corrected chi connectivity index (χ0v) is 9.49. The number of ketones is 2. The summed E-state index contributed by atoms with van der Waals surface area (Å²) in [5.74, 6) is -1.78. The van der Waals surface area contributed by atoms with E-state index in [9.17, 15) is 19.5 Å². The van der Waals surface area contributed by atoms with Crippen molar-refractivity contribution in [2.75, 3.05) is 0 Å². The number of aromatic hydroxyl groups is 1. The molecule has 7 nitrogen and oxygen atoms in total. The second kappa shape index (κ2) is 3.99. The van der Waals surface area contributed by atoms with Crippen LogP contribution in [0.1, 0.15) is 10.4 Å². The van der Waals surface area contributed by atoms with Crippen molar-refractivity contribution in [3.05, 3.63) is 35.8 Å². The van der Waals surface area contributed by atoms with Crippen molar-refractivity contribution in [2.24, 2.45) is 0 Å². The SMILES string of the molecule is O=C(NC1=CC(=O)C2OC2C1=O)c1ccncc1O. The molecule has 96 valence electrons. The number of aromatic nitrogens is 1. The van der Waals surface area contributed by atoms with Gasteiger partial charge in [0.25, 0.3) is 5.91 Å². The third kappa shape index (κ3) is 1.89. The number of nitrogens with one attached hydrogen (secondary N) is 1. The van der Waals surface area contributed by atoms with Crippen LogP contribution in [-0.2, 0) is 14.3 Å². The van der Waals surface area contributed by atoms with Crippen molar-refractivity contribution in [1.29, 1.82) is 0 Å². The summed E-state index contributed by atoms with van der Waals surface area (Å²) in [5.41, 5.74) is -0.153. The number of nitrogens with zero attached hydrogens (tertiary/aromatic N) is 1. The Morgan fingerprint density at radius 3 is 2.89 bits per heavy atom. The van der Waals surface area contributed by atoms with E-state index in [1.807, 2.05) is 0 Å². The van der Waals surface area contributed by atoms with Gasteiger partial charge in [0, 0.05) is 12.3 Å². The van der Waals surface area contributed by atoms with E-state index in [1.54, 1.807) is 0 Å². The minimum atomic E-state index is -0.779. The van der Waals surface area contributed by atoms with Gasteiger partial charge in [0.05, 0.1) is 17.5 Å². The van der Waals surface area contributed by atoms with Crippen LogP contribution in [-0.4, -0.2) is 39.8 Å². The van der Waals surface area contributed by atoms with Gasteiger partial charge in [-0.25, -0.2) is 0 Å². The molecule has 2 heterocycles. The summed E-state index contributed by atoms with van der Waals surface area (Å²) in [7, 11) is 0. The van der Waals surface area contributed by atoms with Gasteiger partial charge < -0.3 is 15.2 Å². The van der Waals surface area contributed by atoms with Crippen LogP contribution in [0.4, 0.5) is 0 Å². The number of hydrogen-bond acceptors (Lipinski definition) is 6. The summed E-state index contributed by atoms with van der Waals surface area (Å²) < 4.78 is 4.88. The van der Waals surface area contributed by atoms with Gasteiger partial charge in [0.1, 0.15) is 5.75 Å². The Morgan fingerprint density at radius 1 is 1.37 bits per heavy atom. The zero-order valence-electron chi connectivity index (χ0n) is 9.49. The molecular formula is C12H8N2O5. The van der Waals surface area contributed by atoms with Gasteiger partial charge in [-0.15, -0.1) is 0 Å². The molecule has 1 amide bonds. The number of carbonyl (C=O) groups is 3. The molecule has 7 heteroatoms. The minimum absolute atomic E-state index is 0.0324. The zero-order chi connectivity index (χ0) is 13.6. The Labute approximate surface area is 106 Å². The van der Waals surface area contributed by atoms with Gasteiger partial charge in [-0.1, -0.05) is 0 Å². The van der Waals surface area contributed by atoms with Crippen molar-refractivity contribution in [2.45, 2.75) is 12.2 Å². The van der Waals surface area contributed by atoms with Crippen LogP contribution in [0.3, 0.4) is 0 Å². The second-order valence-corrected chi connectivity index (χ2v) is 4.15. The number of hydrogen-bond donors (Lipinski definition) is 2. The molecule has 2 atom stereocenters. The van der Waals surface area contributed by atoms with E-state index in [4.69, 9.17) is 4.74 Å². The van der Waals surface area contributed by atoms with Gasteiger partial charge in [0.2, 0.25) is 5.78 Å².